The lowest BCUT2D eigenvalue weighted by molar-refractivity contribution is 0.0811. The summed E-state index contributed by atoms with van der Waals surface area (Å²) >= 11 is 0. The van der Waals surface area contributed by atoms with Crippen molar-refractivity contribution in [1.29, 1.82) is 0 Å². The molecule has 1 aromatic carbocycles. The van der Waals surface area contributed by atoms with Crippen molar-refractivity contribution >= 4 is 0 Å². The number of aliphatic hydroxyl groups is 1. The van der Waals surface area contributed by atoms with Crippen molar-refractivity contribution in [2.24, 2.45) is 0 Å². The summed E-state index contributed by atoms with van der Waals surface area (Å²) in [5.74, 6) is 1.08. The molecule has 2 heterocycles. The van der Waals surface area contributed by atoms with Crippen LogP contribution in [0.2, 0.25) is 0 Å². The molecule has 0 radical (unpaired) electrons. The monoisotopic (exact) mass is 285 g/mol. The minimum atomic E-state index is 0.249. The fourth-order valence-electron chi connectivity index (χ4n) is 3.07. The Morgan fingerprint density at radius 2 is 2.00 bits per heavy atom. The molecule has 3 rings (SSSR count). The van der Waals surface area contributed by atoms with E-state index >= 15 is 0 Å². The molecule has 112 valence electrons. The van der Waals surface area contributed by atoms with Crippen LogP contribution in [0, 0.1) is 0 Å². The van der Waals surface area contributed by atoms with Crippen molar-refractivity contribution in [2.45, 2.75) is 38.4 Å². The van der Waals surface area contributed by atoms with Crippen LogP contribution in [-0.2, 0) is 13.1 Å². The predicted molar refractivity (Wildman–Crippen MR) is 82.9 cm³/mol. The van der Waals surface area contributed by atoms with Gasteiger partial charge in [0, 0.05) is 25.0 Å². The van der Waals surface area contributed by atoms with Crippen LogP contribution in [-0.4, -0.2) is 38.8 Å². The molecule has 1 fully saturated rings. The van der Waals surface area contributed by atoms with Crippen molar-refractivity contribution in [3.8, 4) is 0 Å². The number of aliphatic hydroxyl groups excluding tert-OH is 1. The maximum absolute atomic E-state index is 9.53. The van der Waals surface area contributed by atoms with E-state index in [0.29, 0.717) is 6.04 Å². The number of nitrogens with zero attached hydrogens (tertiary/aromatic N) is 3. The third-order valence-electron chi connectivity index (χ3n) is 4.30. The quantitative estimate of drug-likeness (QED) is 0.916. The molecule has 1 aliphatic heterocycles. The first-order valence-corrected chi connectivity index (χ1v) is 7.75. The Labute approximate surface area is 126 Å². The van der Waals surface area contributed by atoms with Gasteiger partial charge in [-0.25, -0.2) is 4.98 Å². The van der Waals surface area contributed by atoms with Gasteiger partial charge in [-0.15, -0.1) is 0 Å². The highest BCUT2D eigenvalue weighted by atomic mass is 16.3. The molecule has 4 nitrogen and oxygen atoms in total. The summed E-state index contributed by atoms with van der Waals surface area (Å²) in [6.45, 7) is 2.99. The number of benzene rings is 1. The fourth-order valence-corrected chi connectivity index (χ4v) is 3.07. The number of imidazole rings is 1. The van der Waals surface area contributed by atoms with Gasteiger partial charge in [-0.3, -0.25) is 4.90 Å². The molecule has 1 N–H and O–H groups in total. The van der Waals surface area contributed by atoms with E-state index in [9.17, 15) is 5.11 Å². The van der Waals surface area contributed by atoms with Crippen LogP contribution < -0.4 is 0 Å². The van der Waals surface area contributed by atoms with Crippen molar-refractivity contribution in [2.75, 3.05) is 13.2 Å². The molecule has 0 bridgehead atoms. The van der Waals surface area contributed by atoms with Crippen LogP contribution in [0.25, 0.3) is 0 Å². The largest absolute Gasteiger partial charge is 0.395 e. The van der Waals surface area contributed by atoms with Crippen molar-refractivity contribution in [3.05, 3.63) is 54.1 Å². The second-order valence-electron chi connectivity index (χ2n) is 5.76. The molecule has 21 heavy (non-hydrogen) atoms. The van der Waals surface area contributed by atoms with E-state index in [2.05, 4.69) is 38.7 Å². The molecular weight excluding hydrogens is 262 g/mol. The lowest BCUT2D eigenvalue weighted by atomic mass is 10.0. The Kier molecular flexibility index (Phi) is 4.68. The molecule has 1 saturated heterocycles. The summed E-state index contributed by atoms with van der Waals surface area (Å²) in [4.78, 5) is 6.88. The standard InChI is InChI=1S/C17H23N3O/c21-14-16-8-4-5-10-19(16)13-17-18-9-11-20(17)12-15-6-2-1-3-7-15/h1-3,6-7,9,11,16,21H,4-5,8,10,12-14H2. The van der Waals surface area contributed by atoms with Gasteiger partial charge in [-0.1, -0.05) is 36.8 Å². The van der Waals surface area contributed by atoms with Gasteiger partial charge in [0.25, 0.3) is 0 Å². The van der Waals surface area contributed by atoms with Gasteiger partial charge in [0.05, 0.1) is 13.2 Å². The number of piperidine rings is 1. The minimum absolute atomic E-state index is 0.249. The minimum Gasteiger partial charge on any atom is -0.395 e. The molecule has 0 amide bonds. The zero-order valence-electron chi connectivity index (χ0n) is 12.4. The van der Waals surface area contributed by atoms with Gasteiger partial charge in [0.15, 0.2) is 0 Å². The Hall–Kier alpha value is -1.65. The van der Waals surface area contributed by atoms with Gasteiger partial charge < -0.3 is 9.67 Å². The molecule has 1 aromatic heterocycles. The van der Waals surface area contributed by atoms with E-state index in [1.807, 2.05) is 18.5 Å². The maximum atomic E-state index is 9.53. The first-order valence-electron chi connectivity index (χ1n) is 7.75. The van der Waals surface area contributed by atoms with Gasteiger partial charge in [0.2, 0.25) is 0 Å². The molecule has 2 aromatic rings. The SMILES string of the molecule is OCC1CCCCN1Cc1nccn1Cc1ccccc1. The van der Waals surface area contributed by atoms with Gasteiger partial charge >= 0.3 is 0 Å². The summed E-state index contributed by atoms with van der Waals surface area (Å²) in [6.07, 6.45) is 7.45. The average molecular weight is 285 g/mol. The zero-order valence-corrected chi connectivity index (χ0v) is 12.4. The van der Waals surface area contributed by atoms with Crippen molar-refractivity contribution < 1.29 is 5.11 Å². The van der Waals surface area contributed by atoms with Crippen LogP contribution in [0.1, 0.15) is 30.7 Å². The third-order valence-corrected chi connectivity index (χ3v) is 4.30. The predicted octanol–water partition coefficient (Wildman–Crippen LogP) is 2.28. The molecule has 1 unspecified atom stereocenters. The smallest absolute Gasteiger partial charge is 0.123 e. The molecule has 4 heteroatoms. The lowest BCUT2D eigenvalue weighted by Gasteiger charge is -2.34. The van der Waals surface area contributed by atoms with Gasteiger partial charge in [0.1, 0.15) is 5.82 Å². The Balaban J connectivity index is 1.70. The second kappa shape index (κ2) is 6.87. The van der Waals surface area contributed by atoms with E-state index in [1.54, 1.807) is 0 Å². The number of rotatable bonds is 5. The lowest BCUT2D eigenvalue weighted by Crippen LogP contribution is -2.41. The summed E-state index contributed by atoms with van der Waals surface area (Å²) < 4.78 is 2.21. The first kappa shape index (κ1) is 14.3. The Morgan fingerprint density at radius 3 is 2.81 bits per heavy atom. The summed E-state index contributed by atoms with van der Waals surface area (Å²) in [6, 6.07) is 10.7. The number of hydrogen-bond acceptors (Lipinski definition) is 3. The van der Waals surface area contributed by atoms with Crippen LogP contribution in [0.4, 0.5) is 0 Å². The molecule has 1 atom stereocenters. The van der Waals surface area contributed by atoms with Crippen molar-refractivity contribution in [1.82, 2.24) is 14.5 Å². The first-order chi connectivity index (χ1) is 10.4. The van der Waals surface area contributed by atoms with Crippen LogP contribution in [0.15, 0.2) is 42.7 Å². The second-order valence-corrected chi connectivity index (χ2v) is 5.76. The molecule has 1 aliphatic rings. The fraction of sp³-hybridized carbons (Fsp3) is 0.471. The van der Waals surface area contributed by atoms with Crippen LogP contribution in [0.5, 0.6) is 0 Å². The highest BCUT2D eigenvalue weighted by Gasteiger charge is 2.22. The van der Waals surface area contributed by atoms with Gasteiger partial charge in [-0.2, -0.15) is 0 Å². The number of aromatic nitrogens is 2. The normalized spacial score (nSPS) is 19.8. The van der Waals surface area contributed by atoms with E-state index in [4.69, 9.17) is 0 Å². The van der Waals surface area contributed by atoms with E-state index < -0.39 is 0 Å². The van der Waals surface area contributed by atoms with Gasteiger partial charge in [-0.05, 0) is 24.9 Å². The summed E-state index contributed by atoms with van der Waals surface area (Å²) in [5, 5.41) is 9.53. The van der Waals surface area contributed by atoms with Crippen LogP contribution >= 0.6 is 0 Å². The van der Waals surface area contributed by atoms with E-state index in [1.165, 1.54) is 18.4 Å². The number of hydrogen-bond donors (Lipinski definition) is 1. The Bertz CT molecular complexity index is 552. The highest BCUT2D eigenvalue weighted by molar-refractivity contribution is 5.15. The highest BCUT2D eigenvalue weighted by Crippen LogP contribution is 2.19. The molecular formula is C17H23N3O. The number of likely N-dealkylation sites (tertiary alicyclic amines) is 1. The summed E-state index contributed by atoms with van der Waals surface area (Å²) in [7, 11) is 0. The topological polar surface area (TPSA) is 41.3 Å². The van der Waals surface area contributed by atoms with Crippen LogP contribution in [0.3, 0.4) is 0 Å². The summed E-state index contributed by atoms with van der Waals surface area (Å²) in [5.41, 5.74) is 1.29. The zero-order chi connectivity index (χ0) is 14.5. The maximum Gasteiger partial charge on any atom is 0.123 e. The average Bonchev–Trinajstić information content (AvgIpc) is 2.96. The molecule has 0 aliphatic carbocycles. The Morgan fingerprint density at radius 1 is 1.14 bits per heavy atom. The van der Waals surface area contributed by atoms with E-state index in [-0.39, 0.29) is 6.61 Å². The van der Waals surface area contributed by atoms with E-state index in [0.717, 1.165) is 31.9 Å². The molecule has 0 spiro atoms. The molecule has 0 saturated carbocycles. The van der Waals surface area contributed by atoms with Crippen molar-refractivity contribution in [3.63, 3.8) is 0 Å². The third kappa shape index (κ3) is 3.52.